The van der Waals surface area contributed by atoms with E-state index in [1.54, 1.807) is 0 Å². The molecule has 0 aliphatic carbocycles. The van der Waals surface area contributed by atoms with Crippen molar-refractivity contribution in [2.24, 2.45) is 0 Å². The molecule has 0 radical (unpaired) electrons. The standard InChI is InChI=1S/C13H17I/c1-2-3-4-5-12-6-8-13(9-7-12)10-11-14/h2,6-9H,1,3-5,10-11H2. The summed E-state index contributed by atoms with van der Waals surface area (Å²) in [5.41, 5.74) is 2.90. The Kier molecular flexibility index (Phi) is 5.92. The summed E-state index contributed by atoms with van der Waals surface area (Å²) in [5.74, 6) is 0. The maximum Gasteiger partial charge on any atom is 0.00358 e. The van der Waals surface area contributed by atoms with Crippen molar-refractivity contribution in [1.29, 1.82) is 0 Å². The molecular formula is C13H17I. The van der Waals surface area contributed by atoms with Crippen molar-refractivity contribution in [3.63, 3.8) is 0 Å². The van der Waals surface area contributed by atoms with Gasteiger partial charge in [0, 0.05) is 4.43 Å². The van der Waals surface area contributed by atoms with Crippen LogP contribution in [0.2, 0.25) is 0 Å². The molecule has 0 N–H and O–H groups in total. The summed E-state index contributed by atoms with van der Waals surface area (Å²) >= 11 is 2.42. The fourth-order valence-electron chi connectivity index (χ4n) is 1.43. The molecule has 0 saturated heterocycles. The lowest BCUT2D eigenvalue weighted by atomic mass is 10.1. The first-order valence-corrected chi connectivity index (χ1v) is 6.64. The van der Waals surface area contributed by atoms with Crippen molar-refractivity contribution in [2.75, 3.05) is 4.43 Å². The van der Waals surface area contributed by atoms with Crippen molar-refractivity contribution < 1.29 is 0 Å². The summed E-state index contributed by atoms with van der Waals surface area (Å²) in [6, 6.07) is 9.01. The molecule has 1 heteroatoms. The Morgan fingerprint density at radius 3 is 2.14 bits per heavy atom. The molecule has 0 spiro atoms. The van der Waals surface area contributed by atoms with Crippen LogP contribution in [0.3, 0.4) is 0 Å². The van der Waals surface area contributed by atoms with Crippen molar-refractivity contribution in [3.8, 4) is 0 Å². The van der Waals surface area contributed by atoms with Gasteiger partial charge in [0.25, 0.3) is 0 Å². The zero-order valence-corrected chi connectivity index (χ0v) is 10.7. The van der Waals surface area contributed by atoms with E-state index in [2.05, 4.69) is 53.4 Å². The topological polar surface area (TPSA) is 0 Å². The van der Waals surface area contributed by atoms with E-state index in [9.17, 15) is 0 Å². The SMILES string of the molecule is C=CCCCc1ccc(CCI)cc1. The molecule has 14 heavy (non-hydrogen) atoms. The molecular weight excluding hydrogens is 283 g/mol. The Morgan fingerprint density at radius 2 is 1.64 bits per heavy atom. The number of alkyl halides is 1. The molecule has 1 aromatic carbocycles. The second-order valence-electron chi connectivity index (χ2n) is 3.44. The molecule has 0 saturated carbocycles. The Morgan fingerprint density at radius 1 is 1.07 bits per heavy atom. The largest absolute Gasteiger partial charge is 0.103 e. The second-order valence-corrected chi connectivity index (χ2v) is 4.52. The molecule has 1 rings (SSSR count). The molecule has 0 unspecified atom stereocenters. The summed E-state index contributed by atoms with van der Waals surface area (Å²) in [4.78, 5) is 0. The molecule has 0 aliphatic heterocycles. The predicted molar refractivity (Wildman–Crippen MR) is 72.2 cm³/mol. The Labute approximate surface area is 101 Å². The number of unbranched alkanes of at least 4 members (excludes halogenated alkanes) is 1. The highest BCUT2D eigenvalue weighted by Crippen LogP contribution is 2.09. The molecule has 0 heterocycles. The predicted octanol–water partition coefficient (Wildman–Crippen LogP) is 4.17. The molecule has 0 aliphatic rings. The van der Waals surface area contributed by atoms with Crippen LogP contribution in [0.1, 0.15) is 24.0 Å². The van der Waals surface area contributed by atoms with Crippen LogP contribution < -0.4 is 0 Å². The third-order valence-corrected chi connectivity index (χ3v) is 2.82. The Hall–Kier alpha value is -0.310. The summed E-state index contributed by atoms with van der Waals surface area (Å²) in [5, 5.41) is 0. The van der Waals surface area contributed by atoms with Gasteiger partial charge in [-0.3, -0.25) is 0 Å². The highest BCUT2D eigenvalue weighted by atomic mass is 127. The van der Waals surface area contributed by atoms with E-state index in [1.807, 2.05) is 6.08 Å². The normalized spacial score (nSPS) is 10.1. The van der Waals surface area contributed by atoms with E-state index in [4.69, 9.17) is 0 Å². The minimum atomic E-state index is 1.12. The number of hydrogen-bond donors (Lipinski definition) is 0. The average Bonchev–Trinajstić information content (AvgIpc) is 2.21. The molecule has 0 nitrogen and oxygen atoms in total. The number of benzene rings is 1. The van der Waals surface area contributed by atoms with Gasteiger partial charge in [0.15, 0.2) is 0 Å². The van der Waals surface area contributed by atoms with Gasteiger partial charge < -0.3 is 0 Å². The average molecular weight is 300 g/mol. The maximum atomic E-state index is 3.73. The summed E-state index contributed by atoms with van der Waals surface area (Å²) in [6.45, 7) is 3.73. The highest BCUT2D eigenvalue weighted by molar-refractivity contribution is 14.1. The van der Waals surface area contributed by atoms with Crippen LogP contribution in [-0.4, -0.2) is 4.43 Å². The van der Waals surface area contributed by atoms with Crippen LogP contribution >= 0.6 is 22.6 Å². The fourth-order valence-corrected chi connectivity index (χ4v) is 2.06. The van der Waals surface area contributed by atoms with E-state index in [0.717, 1.165) is 6.42 Å². The second kappa shape index (κ2) is 7.04. The van der Waals surface area contributed by atoms with Crippen LogP contribution in [0, 0.1) is 0 Å². The third kappa shape index (κ3) is 4.27. The maximum absolute atomic E-state index is 3.73. The van der Waals surface area contributed by atoms with Crippen LogP contribution in [-0.2, 0) is 12.8 Å². The van der Waals surface area contributed by atoms with Gasteiger partial charge >= 0.3 is 0 Å². The van der Waals surface area contributed by atoms with Gasteiger partial charge in [0.05, 0.1) is 0 Å². The molecule has 76 valence electrons. The van der Waals surface area contributed by atoms with Crippen LogP contribution in [0.4, 0.5) is 0 Å². The van der Waals surface area contributed by atoms with Gasteiger partial charge in [0.1, 0.15) is 0 Å². The molecule has 1 aromatic rings. The van der Waals surface area contributed by atoms with Gasteiger partial charge in [0.2, 0.25) is 0 Å². The van der Waals surface area contributed by atoms with Crippen molar-refractivity contribution in [2.45, 2.75) is 25.7 Å². The van der Waals surface area contributed by atoms with Gasteiger partial charge in [-0.25, -0.2) is 0 Å². The number of halogens is 1. The first-order chi connectivity index (χ1) is 6.86. The lowest BCUT2D eigenvalue weighted by molar-refractivity contribution is 0.843. The smallest absolute Gasteiger partial charge is 0.00358 e. The van der Waals surface area contributed by atoms with Crippen LogP contribution in [0.15, 0.2) is 36.9 Å². The van der Waals surface area contributed by atoms with E-state index < -0.39 is 0 Å². The first kappa shape index (κ1) is 11.8. The minimum absolute atomic E-state index is 1.12. The monoisotopic (exact) mass is 300 g/mol. The van der Waals surface area contributed by atoms with Crippen LogP contribution in [0.5, 0.6) is 0 Å². The Balaban J connectivity index is 2.42. The van der Waals surface area contributed by atoms with Gasteiger partial charge in [-0.15, -0.1) is 6.58 Å². The highest BCUT2D eigenvalue weighted by Gasteiger charge is 1.94. The van der Waals surface area contributed by atoms with E-state index in [-0.39, 0.29) is 0 Å². The number of hydrogen-bond acceptors (Lipinski definition) is 0. The summed E-state index contributed by atoms with van der Waals surface area (Å²) in [7, 11) is 0. The van der Waals surface area contributed by atoms with E-state index >= 15 is 0 Å². The molecule has 0 aromatic heterocycles. The van der Waals surface area contributed by atoms with E-state index in [1.165, 1.54) is 34.8 Å². The third-order valence-electron chi connectivity index (χ3n) is 2.28. The fraction of sp³-hybridized carbons (Fsp3) is 0.385. The molecule has 0 fully saturated rings. The van der Waals surface area contributed by atoms with Gasteiger partial charge in [-0.2, -0.15) is 0 Å². The van der Waals surface area contributed by atoms with Gasteiger partial charge in [-0.05, 0) is 36.8 Å². The Bertz CT molecular complexity index is 261. The zero-order chi connectivity index (χ0) is 10.2. The number of allylic oxidation sites excluding steroid dienone is 1. The summed E-state index contributed by atoms with van der Waals surface area (Å²) in [6.07, 6.45) is 6.69. The number of aryl methyl sites for hydroxylation is 2. The summed E-state index contributed by atoms with van der Waals surface area (Å²) < 4.78 is 1.20. The van der Waals surface area contributed by atoms with Crippen LogP contribution in [0.25, 0.3) is 0 Å². The van der Waals surface area contributed by atoms with Crippen molar-refractivity contribution >= 4 is 22.6 Å². The number of rotatable bonds is 6. The molecule has 0 atom stereocenters. The zero-order valence-electron chi connectivity index (χ0n) is 8.51. The quantitative estimate of drug-likeness (QED) is 0.320. The van der Waals surface area contributed by atoms with Crippen molar-refractivity contribution in [1.82, 2.24) is 0 Å². The lowest BCUT2D eigenvalue weighted by Gasteiger charge is -2.02. The lowest BCUT2D eigenvalue weighted by Crippen LogP contribution is -1.88. The van der Waals surface area contributed by atoms with Gasteiger partial charge in [-0.1, -0.05) is 52.9 Å². The first-order valence-electron chi connectivity index (χ1n) is 5.11. The molecule has 0 bridgehead atoms. The minimum Gasteiger partial charge on any atom is -0.103 e. The molecule has 0 amide bonds. The van der Waals surface area contributed by atoms with Crippen molar-refractivity contribution in [3.05, 3.63) is 48.0 Å². The van der Waals surface area contributed by atoms with E-state index in [0.29, 0.717) is 0 Å².